The molecule has 0 amide bonds. The predicted octanol–water partition coefficient (Wildman–Crippen LogP) is 2.80. The van der Waals surface area contributed by atoms with E-state index < -0.39 is 0 Å². The number of thioether (sulfide) groups is 1. The highest BCUT2D eigenvalue weighted by atomic mass is 32.2. The second-order valence-electron chi connectivity index (χ2n) is 4.75. The zero-order valence-corrected chi connectivity index (χ0v) is 12.5. The lowest BCUT2D eigenvalue weighted by atomic mass is 10.1. The van der Waals surface area contributed by atoms with E-state index in [-0.39, 0.29) is 11.0 Å². The van der Waals surface area contributed by atoms with E-state index in [1.807, 2.05) is 38.1 Å². The van der Waals surface area contributed by atoms with Crippen LogP contribution in [0.15, 0.2) is 47.9 Å². The average Bonchev–Trinajstić information content (AvgIpc) is 2.89. The van der Waals surface area contributed by atoms with Crippen LogP contribution < -0.4 is 0 Å². The number of carbonyl (C=O) groups excluding carboxylic acids is 1. The van der Waals surface area contributed by atoms with E-state index in [9.17, 15) is 4.79 Å². The van der Waals surface area contributed by atoms with Crippen LogP contribution in [0.3, 0.4) is 0 Å². The lowest BCUT2D eigenvalue weighted by molar-refractivity contribution is 0.0994. The summed E-state index contributed by atoms with van der Waals surface area (Å²) in [5, 5.41) is 4.61. The molecule has 0 bridgehead atoms. The number of rotatable bonds is 4. The van der Waals surface area contributed by atoms with Gasteiger partial charge in [0.1, 0.15) is 0 Å². The van der Waals surface area contributed by atoms with Crippen molar-refractivity contribution in [2.24, 2.45) is 0 Å². The van der Waals surface area contributed by atoms with Crippen molar-refractivity contribution in [2.75, 3.05) is 0 Å². The minimum Gasteiger partial charge on any atom is -0.293 e. The molecule has 0 N–H and O–H groups in total. The van der Waals surface area contributed by atoms with E-state index in [2.05, 4.69) is 15.1 Å². The summed E-state index contributed by atoms with van der Waals surface area (Å²) in [7, 11) is 0. The Balaban J connectivity index is 1.77. The maximum absolute atomic E-state index is 12.4. The van der Waals surface area contributed by atoms with Crippen molar-refractivity contribution >= 4 is 23.3 Å². The van der Waals surface area contributed by atoms with Gasteiger partial charge in [0.15, 0.2) is 5.78 Å². The SMILES string of the molecule is Cc1ccc(C(=O)C(C)Sc2nc3ncccn3n2)cc1. The van der Waals surface area contributed by atoms with E-state index >= 15 is 0 Å². The molecule has 0 aliphatic rings. The number of nitrogens with zero attached hydrogens (tertiary/aromatic N) is 4. The van der Waals surface area contributed by atoms with Gasteiger partial charge in [-0.2, -0.15) is 4.98 Å². The zero-order chi connectivity index (χ0) is 14.8. The third kappa shape index (κ3) is 2.95. The maximum Gasteiger partial charge on any atom is 0.253 e. The summed E-state index contributed by atoms with van der Waals surface area (Å²) in [6.45, 7) is 3.87. The van der Waals surface area contributed by atoms with Crippen LogP contribution in [-0.4, -0.2) is 30.6 Å². The number of Topliss-reactive ketones (excluding diaryl/α,β-unsaturated/α-hetero) is 1. The van der Waals surface area contributed by atoms with Gasteiger partial charge < -0.3 is 0 Å². The highest BCUT2D eigenvalue weighted by Crippen LogP contribution is 2.23. The number of fused-ring (bicyclic) bond motifs is 1. The van der Waals surface area contributed by atoms with Crippen LogP contribution in [0.2, 0.25) is 0 Å². The molecular weight excluding hydrogens is 284 g/mol. The fourth-order valence-electron chi connectivity index (χ4n) is 1.93. The largest absolute Gasteiger partial charge is 0.293 e. The number of aromatic nitrogens is 4. The molecule has 21 heavy (non-hydrogen) atoms. The summed E-state index contributed by atoms with van der Waals surface area (Å²) >= 11 is 1.34. The second kappa shape index (κ2) is 5.65. The normalized spacial score (nSPS) is 12.5. The highest BCUT2D eigenvalue weighted by Gasteiger charge is 2.18. The van der Waals surface area contributed by atoms with E-state index in [1.165, 1.54) is 11.8 Å². The minimum absolute atomic E-state index is 0.0758. The van der Waals surface area contributed by atoms with Gasteiger partial charge in [-0.25, -0.2) is 9.50 Å². The van der Waals surface area contributed by atoms with Gasteiger partial charge in [0.05, 0.1) is 5.25 Å². The molecule has 3 rings (SSSR count). The van der Waals surface area contributed by atoms with Crippen LogP contribution in [0.5, 0.6) is 0 Å². The van der Waals surface area contributed by atoms with Crippen molar-refractivity contribution in [3.05, 3.63) is 53.9 Å². The fraction of sp³-hybridized carbons (Fsp3) is 0.200. The molecule has 0 aliphatic carbocycles. The molecule has 0 radical (unpaired) electrons. The topological polar surface area (TPSA) is 60.2 Å². The highest BCUT2D eigenvalue weighted by molar-refractivity contribution is 8.00. The quantitative estimate of drug-likeness (QED) is 0.547. The van der Waals surface area contributed by atoms with Gasteiger partial charge in [-0.05, 0) is 19.9 Å². The first-order valence-corrected chi connectivity index (χ1v) is 7.46. The Bertz CT molecular complexity index is 749. The summed E-state index contributed by atoms with van der Waals surface area (Å²) in [4.78, 5) is 20.8. The molecule has 6 heteroatoms. The van der Waals surface area contributed by atoms with Crippen molar-refractivity contribution in [3.8, 4) is 0 Å². The fourth-order valence-corrected chi connectivity index (χ4v) is 2.76. The first kappa shape index (κ1) is 13.8. The van der Waals surface area contributed by atoms with Crippen molar-refractivity contribution in [1.82, 2.24) is 19.6 Å². The lowest BCUT2D eigenvalue weighted by Gasteiger charge is -2.07. The molecule has 2 heterocycles. The molecule has 3 aromatic rings. The molecule has 0 fully saturated rings. The summed E-state index contributed by atoms with van der Waals surface area (Å²) in [5.41, 5.74) is 1.85. The standard InChI is InChI=1S/C15H14N4OS/c1-10-4-6-12(7-5-10)13(20)11(2)21-15-17-14-16-8-3-9-19(14)18-15/h3-9,11H,1-2H3. The van der Waals surface area contributed by atoms with Crippen LogP contribution in [0.4, 0.5) is 0 Å². The Labute approximate surface area is 126 Å². The van der Waals surface area contributed by atoms with Crippen LogP contribution in [0, 0.1) is 6.92 Å². The van der Waals surface area contributed by atoms with Crippen LogP contribution in [0.1, 0.15) is 22.8 Å². The molecule has 5 nitrogen and oxygen atoms in total. The second-order valence-corrected chi connectivity index (χ2v) is 6.06. The smallest absolute Gasteiger partial charge is 0.253 e. The van der Waals surface area contributed by atoms with Gasteiger partial charge in [0, 0.05) is 18.0 Å². The molecule has 0 spiro atoms. The Morgan fingerprint density at radius 3 is 2.76 bits per heavy atom. The van der Waals surface area contributed by atoms with Gasteiger partial charge in [0.2, 0.25) is 5.16 Å². The molecule has 1 unspecified atom stereocenters. The Morgan fingerprint density at radius 1 is 1.29 bits per heavy atom. The summed E-state index contributed by atoms with van der Waals surface area (Å²) < 4.78 is 1.60. The first-order valence-electron chi connectivity index (χ1n) is 6.58. The van der Waals surface area contributed by atoms with Gasteiger partial charge in [-0.3, -0.25) is 4.79 Å². The molecule has 0 aliphatic heterocycles. The van der Waals surface area contributed by atoms with Crippen LogP contribution >= 0.6 is 11.8 Å². The van der Waals surface area contributed by atoms with Crippen molar-refractivity contribution in [1.29, 1.82) is 0 Å². The summed E-state index contributed by atoms with van der Waals surface area (Å²) in [6.07, 6.45) is 3.45. The Kier molecular flexibility index (Phi) is 3.70. The zero-order valence-electron chi connectivity index (χ0n) is 11.7. The third-order valence-corrected chi connectivity index (χ3v) is 4.04. The molecule has 1 aromatic carbocycles. The molecule has 106 valence electrons. The van der Waals surface area contributed by atoms with E-state index in [0.717, 1.165) is 5.56 Å². The third-order valence-electron chi connectivity index (χ3n) is 3.08. The predicted molar refractivity (Wildman–Crippen MR) is 81.6 cm³/mol. The van der Waals surface area contributed by atoms with Gasteiger partial charge in [-0.1, -0.05) is 41.6 Å². The Hall–Kier alpha value is -2.21. The Morgan fingerprint density at radius 2 is 2.05 bits per heavy atom. The molecule has 0 saturated heterocycles. The molecule has 2 aromatic heterocycles. The minimum atomic E-state index is -0.245. The van der Waals surface area contributed by atoms with Crippen molar-refractivity contribution in [2.45, 2.75) is 24.3 Å². The number of benzene rings is 1. The average molecular weight is 298 g/mol. The van der Waals surface area contributed by atoms with Gasteiger partial charge in [0.25, 0.3) is 5.78 Å². The maximum atomic E-state index is 12.4. The van der Waals surface area contributed by atoms with Crippen molar-refractivity contribution in [3.63, 3.8) is 0 Å². The van der Waals surface area contributed by atoms with Gasteiger partial charge >= 0.3 is 0 Å². The van der Waals surface area contributed by atoms with E-state index in [0.29, 0.717) is 16.5 Å². The summed E-state index contributed by atoms with van der Waals surface area (Å²) in [6, 6.07) is 9.38. The number of carbonyl (C=O) groups is 1. The number of ketones is 1. The monoisotopic (exact) mass is 298 g/mol. The first-order chi connectivity index (χ1) is 10.1. The number of aryl methyl sites for hydroxylation is 1. The van der Waals surface area contributed by atoms with Crippen LogP contribution in [0.25, 0.3) is 5.78 Å². The number of hydrogen-bond acceptors (Lipinski definition) is 5. The summed E-state index contributed by atoms with van der Waals surface area (Å²) in [5.74, 6) is 0.613. The van der Waals surface area contributed by atoms with E-state index in [1.54, 1.807) is 23.0 Å². The molecular formula is C15H14N4OS. The molecule has 1 atom stereocenters. The van der Waals surface area contributed by atoms with Gasteiger partial charge in [-0.15, -0.1) is 5.10 Å². The van der Waals surface area contributed by atoms with E-state index in [4.69, 9.17) is 0 Å². The lowest BCUT2D eigenvalue weighted by Crippen LogP contribution is -2.13. The van der Waals surface area contributed by atoms with Crippen molar-refractivity contribution < 1.29 is 4.79 Å². The molecule has 0 saturated carbocycles. The van der Waals surface area contributed by atoms with Crippen LogP contribution in [-0.2, 0) is 0 Å². The number of hydrogen-bond donors (Lipinski definition) is 0.